The molecule has 1 unspecified atom stereocenters. The van der Waals surface area contributed by atoms with E-state index in [0.717, 1.165) is 35.6 Å². The number of amides is 2. The zero-order valence-corrected chi connectivity index (χ0v) is 24.2. The highest BCUT2D eigenvalue weighted by atomic mass is 35.5. The summed E-state index contributed by atoms with van der Waals surface area (Å²) in [5, 5.41) is 3.61. The minimum absolute atomic E-state index is 0.0434. The Kier molecular flexibility index (Phi) is 9.71. The molecule has 0 bridgehead atoms. The number of nitrogens with one attached hydrogen (secondary N) is 1. The second-order valence-electron chi connectivity index (χ2n) is 9.84. The lowest BCUT2D eigenvalue weighted by molar-refractivity contribution is -0.139. The number of anilines is 1. The van der Waals surface area contributed by atoms with E-state index in [9.17, 15) is 18.0 Å². The molecule has 0 spiro atoms. The van der Waals surface area contributed by atoms with Crippen molar-refractivity contribution in [3.8, 4) is 5.75 Å². The summed E-state index contributed by atoms with van der Waals surface area (Å²) < 4.78 is 34.1. The first kappa shape index (κ1) is 29.4. The Morgan fingerprint density at radius 3 is 2.33 bits per heavy atom. The van der Waals surface area contributed by atoms with Crippen LogP contribution in [0.15, 0.2) is 83.8 Å². The van der Waals surface area contributed by atoms with Gasteiger partial charge in [0.2, 0.25) is 11.8 Å². The molecular formula is C30H34ClN3O5S. The van der Waals surface area contributed by atoms with E-state index in [1.165, 1.54) is 24.1 Å². The Balaban J connectivity index is 1.68. The van der Waals surface area contributed by atoms with E-state index >= 15 is 0 Å². The second-order valence-corrected chi connectivity index (χ2v) is 12.1. The Morgan fingerprint density at radius 2 is 1.68 bits per heavy atom. The molecule has 1 aliphatic carbocycles. The lowest BCUT2D eigenvalue weighted by Gasteiger charge is -2.32. The summed E-state index contributed by atoms with van der Waals surface area (Å²) in [4.78, 5) is 28.7. The molecule has 4 rings (SSSR count). The molecule has 212 valence electrons. The van der Waals surface area contributed by atoms with Crippen LogP contribution in [-0.4, -0.2) is 50.9 Å². The van der Waals surface area contributed by atoms with Crippen molar-refractivity contribution in [1.82, 2.24) is 10.2 Å². The van der Waals surface area contributed by atoms with Crippen molar-refractivity contribution in [3.05, 3.63) is 89.4 Å². The number of nitrogens with zero attached hydrogens (tertiary/aromatic N) is 2. The van der Waals surface area contributed by atoms with Crippen molar-refractivity contribution >= 4 is 39.1 Å². The number of rotatable bonds is 11. The minimum atomic E-state index is -4.14. The van der Waals surface area contributed by atoms with Gasteiger partial charge < -0.3 is 15.0 Å². The highest BCUT2D eigenvalue weighted by Crippen LogP contribution is 2.28. The average molecular weight is 584 g/mol. The summed E-state index contributed by atoms with van der Waals surface area (Å²) >= 11 is 6.06. The SMILES string of the molecule is COc1cccc(N(CC(=O)N(Cc2ccc(Cl)cc2)C(C)C(=O)NC2CCCC2)S(=O)(=O)c2ccccc2)c1. The van der Waals surface area contributed by atoms with Crippen LogP contribution >= 0.6 is 11.6 Å². The lowest BCUT2D eigenvalue weighted by Crippen LogP contribution is -2.52. The van der Waals surface area contributed by atoms with Crippen molar-refractivity contribution in [1.29, 1.82) is 0 Å². The molecule has 3 aromatic rings. The number of halogens is 1. The van der Waals surface area contributed by atoms with Crippen molar-refractivity contribution in [2.45, 2.75) is 56.1 Å². The average Bonchev–Trinajstić information content (AvgIpc) is 3.48. The highest BCUT2D eigenvalue weighted by molar-refractivity contribution is 7.92. The molecule has 10 heteroatoms. The largest absolute Gasteiger partial charge is 0.497 e. The Labute approximate surface area is 240 Å². The molecule has 1 fully saturated rings. The number of benzene rings is 3. The van der Waals surface area contributed by atoms with E-state index in [2.05, 4.69) is 5.32 Å². The third kappa shape index (κ3) is 7.14. The first-order chi connectivity index (χ1) is 19.2. The fraction of sp³-hybridized carbons (Fsp3) is 0.333. The molecule has 0 heterocycles. The number of ether oxygens (including phenoxy) is 1. The predicted molar refractivity (Wildman–Crippen MR) is 156 cm³/mol. The van der Waals surface area contributed by atoms with E-state index in [0.29, 0.717) is 10.8 Å². The summed E-state index contributed by atoms with van der Waals surface area (Å²) in [6.07, 6.45) is 3.92. The van der Waals surface area contributed by atoms with Gasteiger partial charge in [0.1, 0.15) is 18.3 Å². The van der Waals surface area contributed by atoms with Crippen LogP contribution in [0, 0.1) is 0 Å². The van der Waals surface area contributed by atoms with Crippen LogP contribution < -0.4 is 14.4 Å². The maximum atomic E-state index is 14.0. The number of carbonyl (C=O) groups is 2. The monoisotopic (exact) mass is 583 g/mol. The zero-order chi connectivity index (χ0) is 28.7. The van der Waals surface area contributed by atoms with E-state index < -0.39 is 28.5 Å². The molecule has 1 N–H and O–H groups in total. The molecule has 1 atom stereocenters. The highest BCUT2D eigenvalue weighted by Gasteiger charge is 2.33. The van der Waals surface area contributed by atoms with Gasteiger partial charge in [-0.05, 0) is 61.7 Å². The third-order valence-electron chi connectivity index (χ3n) is 7.09. The van der Waals surface area contributed by atoms with Gasteiger partial charge in [-0.2, -0.15) is 0 Å². The van der Waals surface area contributed by atoms with E-state index in [1.807, 2.05) is 0 Å². The number of methoxy groups -OCH3 is 1. The van der Waals surface area contributed by atoms with Crippen LogP contribution in [-0.2, 0) is 26.2 Å². The van der Waals surface area contributed by atoms with Crippen molar-refractivity contribution in [3.63, 3.8) is 0 Å². The number of carbonyl (C=O) groups excluding carboxylic acids is 2. The van der Waals surface area contributed by atoms with Gasteiger partial charge in [-0.1, -0.05) is 60.8 Å². The Hall–Kier alpha value is -3.56. The first-order valence-corrected chi connectivity index (χ1v) is 15.1. The fourth-order valence-electron chi connectivity index (χ4n) is 4.78. The molecule has 1 aliphatic rings. The van der Waals surface area contributed by atoms with Crippen LogP contribution in [0.5, 0.6) is 5.75 Å². The molecular weight excluding hydrogens is 550 g/mol. The van der Waals surface area contributed by atoms with Gasteiger partial charge in [-0.25, -0.2) is 8.42 Å². The van der Waals surface area contributed by atoms with Crippen LogP contribution in [0.2, 0.25) is 5.02 Å². The number of sulfonamides is 1. The first-order valence-electron chi connectivity index (χ1n) is 13.2. The molecule has 0 saturated heterocycles. The summed E-state index contributed by atoms with van der Waals surface area (Å²) in [6.45, 7) is 1.26. The summed E-state index contributed by atoms with van der Waals surface area (Å²) in [5.74, 6) is -0.347. The van der Waals surface area contributed by atoms with E-state index in [4.69, 9.17) is 16.3 Å². The third-order valence-corrected chi connectivity index (χ3v) is 9.13. The van der Waals surface area contributed by atoms with Crippen molar-refractivity contribution < 1.29 is 22.7 Å². The molecule has 1 saturated carbocycles. The lowest BCUT2D eigenvalue weighted by atomic mass is 10.1. The molecule has 0 aromatic heterocycles. The topological polar surface area (TPSA) is 96.0 Å². The summed E-state index contributed by atoms with van der Waals surface area (Å²) in [7, 11) is -2.65. The Morgan fingerprint density at radius 1 is 1.00 bits per heavy atom. The van der Waals surface area contributed by atoms with Crippen LogP contribution in [0.4, 0.5) is 5.69 Å². The quantitative estimate of drug-likeness (QED) is 0.342. The molecule has 40 heavy (non-hydrogen) atoms. The number of hydrogen-bond acceptors (Lipinski definition) is 5. The molecule has 2 amide bonds. The smallest absolute Gasteiger partial charge is 0.264 e. The normalized spacial score (nSPS) is 14.4. The molecule has 3 aromatic carbocycles. The van der Waals surface area contributed by atoms with Crippen molar-refractivity contribution in [2.24, 2.45) is 0 Å². The molecule has 0 aliphatic heterocycles. The van der Waals surface area contributed by atoms with Gasteiger partial charge in [0.25, 0.3) is 10.0 Å². The maximum absolute atomic E-state index is 14.0. The van der Waals surface area contributed by atoms with Crippen molar-refractivity contribution in [2.75, 3.05) is 18.0 Å². The second kappa shape index (κ2) is 13.2. The van der Waals surface area contributed by atoms with E-state index in [-0.39, 0.29) is 29.1 Å². The molecule has 0 radical (unpaired) electrons. The predicted octanol–water partition coefficient (Wildman–Crippen LogP) is 5.02. The van der Waals surface area contributed by atoms with Gasteiger partial charge in [-0.3, -0.25) is 13.9 Å². The van der Waals surface area contributed by atoms with Gasteiger partial charge in [0.05, 0.1) is 17.7 Å². The van der Waals surface area contributed by atoms with Gasteiger partial charge in [0.15, 0.2) is 0 Å². The Bertz CT molecular complexity index is 1410. The summed E-state index contributed by atoms with van der Waals surface area (Å²) in [6, 6.07) is 20.7. The minimum Gasteiger partial charge on any atom is -0.497 e. The van der Waals surface area contributed by atoms with E-state index in [1.54, 1.807) is 73.7 Å². The fourth-order valence-corrected chi connectivity index (χ4v) is 6.33. The van der Waals surface area contributed by atoms with Gasteiger partial charge >= 0.3 is 0 Å². The van der Waals surface area contributed by atoms with Crippen LogP contribution in [0.1, 0.15) is 38.2 Å². The zero-order valence-electron chi connectivity index (χ0n) is 22.6. The van der Waals surface area contributed by atoms with Crippen LogP contribution in [0.25, 0.3) is 0 Å². The van der Waals surface area contributed by atoms with Crippen LogP contribution in [0.3, 0.4) is 0 Å². The standard InChI is InChI=1S/C30H34ClN3O5S/c1-22(30(36)32-25-9-6-7-10-25)33(20-23-15-17-24(31)18-16-23)29(35)21-34(26-11-8-12-27(19-26)39-2)40(37,38)28-13-4-3-5-14-28/h3-5,8,11-19,22,25H,6-7,9-10,20-21H2,1-2H3,(H,32,36). The van der Waals surface area contributed by atoms with Gasteiger partial charge in [0, 0.05) is 23.7 Å². The maximum Gasteiger partial charge on any atom is 0.264 e. The van der Waals surface area contributed by atoms with Gasteiger partial charge in [-0.15, -0.1) is 0 Å². The molecule has 8 nitrogen and oxygen atoms in total. The summed E-state index contributed by atoms with van der Waals surface area (Å²) in [5.41, 5.74) is 1.03. The number of hydrogen-bond donors (Lipinski definition) is 1.